The number of ether oxygens (including phenoxy) is 2. The van der Waals surface area contributed by atoms with Gasteiger partial charge in [-0.3, -0.25) is 4.79 Å². The minimum Gasteiger partial charge on any atom is -0.508 e. The molecule has 0 aliphatic rings. The molecule has 0 aliphatic carbocycles. The van der Waals surface area contributed by atoms with E-state index in [4.69, 9.17) is 26.2 Å². The SMILES string of the molecule is CC(=O)O[C@@H](CCl)COc1ccc(O)cc1. The third-order valence-corrected chi connectivity index (χ3v) is 2.12. The molecule has 4 nitrogen and oxygen atoms in total. The van der Waals surface area contributed by atoms with Crippen LogP contribution in [0.3, 0.4) is 0 Å². The van der Waals surface area contributed by atoms with E-state index in [1.165, 1.54) is 19.1 Å². The number of rotatable bonds is 5. The highest BCUT2D eigenvalue weighted by atomic mass is 35.5. The standard InChI is InChI=1S/C11H13ClO4/c1-8(13)16-11(6-12)7-15-10-4-2-9(14)3-5-10/h2-5,11,14H,6-7H2,1H3/t11-/m0/s1. The predicted octanol–water partition coefficient (Wildman–Crippen LogP) is 1.94. The number of esters is 1. The van der Waals surface area contributed by atoms with Crippen LogP contribution in [0.25, 0.3) is 0 Å². The van der Waals surface area contributed by atoms with Gasteiger partial charge in [-0.1, -0.05) is 0 Å². The molecule has 0 unspecified atom stereocenters. The second kappa shape index (κ2) is 6.23. The lowest BCUT2D eigenvalue weighted by Gasteiger charge is -2.14. The van der Waals surface area contributed by atoms with E-state index in [0.717, 1.165) is 0 Å². The average molecular weight is 245 g/mol. The first-order valence-electron chi connectivity index (χ1n) is 4.77. The van der Waals surface area contributed by atoms with Crippen molar-refractivity contribution < 1.29 is 19.4 Å². The number of alkyl halides is 1. The van der Waals surface area contributed by atoms with Gasteiger partial charge in [-0.15, -0.1) is 11.6 Å². The Hall–Kier alpha value is -1.42. The summed E-state index contributed by atoms with van der Waals surface area (Å²) in [5, 5.41) is 9.05. The van der Waals surface area contributed by atoms with Crippen molar-refractivity contribution in [2.75, 3.05) is 12.5 Å². The zero-order chi connectivity index (χ0) is 12.0. The van der Waals surface area contributed by atoms with E-state index in [2.05, 4.69) is 0 Å². The summed E-state index contributed by atoms with van der Waals surface area (Å²) < 4.78 is 10.2. The molecule has 0 saturated heterocycles. The summed E-state index contributed by atoms with van der Waals surface area (Å²) in [6.45, 7) is 1.51. The minimum atomic E-state index is -0.465. The Morgan fingerprint density at radius 1 is 1.44 bits per heavy atom. The van der Waals surface area contributed by atoms with E-state index in [1.54, 1.807) is 12.1 Å². The molecule has 0 amide bonds. The van der Waals surface area contributed by atoms with Crippen LogP contribution in [0.2, 0.25) is 0 Å². The molecule has 1 atom stereocenters. The van der Waals surface area contributed by atoms with Crippen LogP contribution < -0.4 is 4.74 Å². The fraction of sp³-hybridized carbons (Fsp3) is 0.364. The van der Waals surface area contributed by atoms with Crippen molar-refractivity contribution in [1.29, 1.82) is 0 Å². The molecule has 1 aromatic rings. The molecule has 1 rings (SSSR count). The molecule has 0 aliphatic heterocycles. The number of phenols is 1. The first kappa shape index (κ1) is 12.6. The number of hydrogen-bond acceptors (Lipinski definition) is 4. The minimum absolute atomic E-state index is 0.168. The quantitative estimate of drug-likeness (QED) is 0.635. The number of aromatic hydroxyl groups is 1. The number of carbonyl (C=O) groups is 1. The molecule has 88 valence electrons. The summed E-state index contributed by atoms with van der Waals surface area (Å²) in [7, 11) is 0. The molecule has 0 aromatic heterocycles. The van der Waals surface area contributed by atoms with Gasteiger partial charge in [-0.25, -0.2) is 0 Å². The number of phenolic OH excluding ortho intramolecular Hbond substituents is 1. The van der Waals surface area contributed by atoms with Crippen LogP contribution >= 0.6 is 11.6 Å². The van der Waals surface area contributed by atoms with Crippen molar-refractivity contribution in [1.82, 2.24) is 0 Å². The highest BCUT2D eigenvalue weighted by Gasteiger charge is 2.11. The fourth-order valence-electron chi connectivity index (χ4n) is 1.08. The maximum atomic E-state index is 10.7. The lowest BCUT2D eigenvalue weighted by Crippen LogP contribution is -2.25. The predicted molar refractivity (Wildman–Crippen MR) is 59.9 cm³/mol. The van der Waals surface area contributed by atoms with E-state index < -0.39 is 6.10 Å². The lowest BCUT2D eigenvalue weighted by atomic mass is 10.3. The van der Waals surface area contributed by atoms with Crippen molar-refractivity contribution in [3.05, 3.63) is 24.3 Å². The Morgan fingerprint density at radius 3 is 2.56 bits per heavy atom. The number of hydrogen-bond donors (Lipinski definition) is 1. The van der Waals surface area contributed by atoms with Crippen molar-refractivity contribution in [3.8, 4) is 11.5 Å². The fourth-order valence-corrected chi connectivity index (χ4v) is 1.23. The molecule has 0 saturated carbocycles. The van der Waals surface area contributed by atoms with Crippen LogP contribution in [0.4, 0.5) is 0 Å². The van der Waals surface area contributed by atoms with Crippen LogP contribution in [0, 0.1) is 0 Å². The zero-order valence-electron chi connectivity index (χ0n) is 8.85. The van der Waals surface area contributed by atoms with Crippen LogP contribution in [0.15, 0.2) is 24.3 Å². The number of halogens is 1. The van der Waals surface area contributed by atoms with Crippen molar-refractivity contribution in [2.24, 2.45) is 0 Å². The van der Waals surface area contributed by atoms with Gasteiger partial charge in [0, 0.05) is 6.92 Å². The van der Waals surface area contributed by atoms with E-state index in [1.807, 2.05) is 0 Å². The van der Waals surface area contributed by atoms with Gasteiger partial charge in [0.2, 0.25) is 0 Å². The van der Waals surface area contributed by atoms with Gasteiger partial charge in [0.15, 0.2) is 0 Å². The maximum Gasteiger partial charge on any atom is 0.303 e. The van der Waals surface area contributed by atoms with Crippen LogP contribution in [0.1, 0.15) is 6.92 Å². The van der Waals surface area contributed by atoms with E-state index in [-0.39, 0.29) is 24.2 Å². The van der Waals surface area contributed by atoms with Crippen LogP contribution in [-0.4, -0.2) is 29.7 Å². The Kier molecular flexibility index (Phi) is 4.92. The smallest absolute Gasteiger partial charge is 0.303 e. The monoisotopic (exact) mass is 244 g/mol. The van der Waals surface area contributed by atoms with Gasteiger partial charge in [0.05, 0.1) is 5.88 Å². The van der Waals surface area contributed by atoms with E-state index in [9.17, 15) is 4.79 Å². The lowest BCUT2D eigenvalue weighted by molar-refractivity contribution is -0.146. The van der Waals surface area contributed by atoms with Gasteiger partial charge >= 0.3 is 5.97 Å². The first-order chi connectivity index (χ1) is 7.61. The van der Waals surface area contributed by atoms with Gasteiger partial charge in [0.1, 0.15) is 24.2 Å². The molecule has 16 heavy (non-hydrogen) atoms. The Morgan fingerprint density at radius 2 is 2.06 bits per heavy atom. The second-order valence-electron chi connectivity index (χ2n) is 3.19. The number of benzene rings is 1. The molecule has 1 aromatic carbocycles. The van der Waals surface area contributed by atoms with Crippen LogP contribution in [-0.2, 0) is 9.53 Å². The van der Waals surface area contributed by atoms with E-state index in [0.29, 0.717) is 5.75 Å². The van der Waals surface area contributed by atoms with Gasteiger partial charge in [0.25, 0.3) is 0 Å². The maximum absolute atomic E-state index is 10.7. The van der Waals surface area contributed by atoms with E-state index >= 15 is 0 Å². The largest absolute Gasteiger partial charge is 0.508 e. The van der Waals surface area contributed by atoms with Crippen molar-refractivity contribution in [3.63, 3.8) is 0 Å². The third kappa shape index (κ3) is 4.40. The van der Waals surface area contributed by atoms with Crippen LogP contribution in [0.5, 0.6) is 11.5 Å². The summed E-state index contributed by atoms with van der Waals surface area (Å²) in [5.74, 6) is 0.541. The Bertz CT molecular complexity index is 336. The summed E-state index contributed by atoms with van der Waals surface area (Å²) in [5.41, 5.74) is 0. The summed E-state index contributed by atoms with van der Waals surface area (Å²) >= 11 is 5.61. The molecular formula is C11H13ClO4. The normalized spacial score (nSPS) is 11.9. The molecular weight excluding hydrogens is 232 g/mol. The summed E-state index contributed by atoms with van der Waals surface area (Å²) in [4.78, 5) is 10.7. The molecule has 5 heteroatoms. The summed E-state index contributed by atoms with van der Waals surface area (Å²) in [6.07, 6.45) is -0.465. The number of carbonyl (C=O) groups excluding carboxylic acids is 1. The molecule has 0 heterocycles. The highest BCUT2D eigenvalue weighted by Crippen LogP contribution is 2.16. The van der Waals surface area contributed by atoms with Gasteiger partial charge in [-0.05, 0) is 24.3 Å². The zero-order valence-corrected chi connectivity index (χ0v) is 9.61. The Balaban J connectivity index is 2.43. The average Bonchev–Trinajstić information content (AvgIpc) is 2.26. The van der Waals surface area contributed by atoms with Crippen molar-refractivity contribution in [2.45, 2.75) is 13.0 Å². The molecule has 0 fully saturated rings. The Labute approximate surface area is 98.7 Å². The second-order valence-corrected chi connectivity index (χ2v) is 3.50. The van der Waals surface area contributed by atoms with Gasteiger partial charge < -0.3 is 14.6 Å². The molecule has 0 bridgehead atoms. The topological polar surface area (TPSA) is 55.8 Å². The van der Waals surface area contributed by atoms with Gasteiger partial charge in [-0.2, -0.15) is 0 Å². The molecule has 0 radical (unpaired) electrons. The van der Waals surface area contributed by atoms with Crippen molar-refractivity contribution >= 4 is 17.6 Å². The molecule has 1 N–H and O–H groups in total. The molecule has 0 spiro atoms. The summed E-state index contributed by atoms with van der Waals surface area (Å²) in [6, 6.07) is 6.26. The highest BCUT2D eigenvalue weighted by molar-refractivity contribution is 6.18. The first-order valence-corrected chi connectivity index (χ1v) is 5.30. The third-order valence-electron chi connectivity index (χ3n) is 1.78.